The molecule has 1 heteroatoms. The van der Waals surface area contributed by atoms with Gasteiger partial charge >= 0.3 is 0 Å². The van der Waals surface area contributed by atoms with Gasteiger partial charge in [-0.2, -0.15) is 0 Å². The fourth-order valence-electron chi connectivity index (χ4n) is 2.21. The normalized spacial score (nSPS) is 11.6. The molecule has 0 amide bonds. The molecule has 0 nitrogen and oxygen atoms in total. The highest BCUT2D eigenvalue weighted by Crippen LogP contribution is 2.38. The molecule has 0 bridgehead atoms. The van der Waals surface area contributed by atoms with E-state index in [2.05, 4.69) is 48.5 Å². The van der Waals surface area contributed by atoms with E-state index in [-0.39, 0.29) is 0 Å². The van der Waals surface area contributed by atoms with E-state index >= 15 is 0 Å². The quantitative estimate of drug-likeness (QED) is 0.413. The van der Waals surface area contributed by atoms with Gasteiger partial charge in [0, 0.05) is 9.79 Å². The molecule has 0 unspecified atom stereocenters. The number of rotatable bonds is 0. The van der Waals surface area contributed by atoms with Gasteiger partial charge in [0.1, 0.15) is 0 Å². The van der Waals surface area contributed by atoms with Crippen LogP contribution in [0, 0.1) is 0 Å². The molecule has 1 heterocycles. The third-order valence-corrected chi connectivity index (χ3v) is 4.45. The van der Waals surface area contributed by atoms with Crippen molar-refractivity contribution in [2.24, 2.45) is 0 Å². The molecule has 20 heavy (non-hydrogen) atoms. The first-order valence-electron chi connectivity index (χ1n) is 6.77. The molecule has 3 aromatic rings. The Kier molecular flexibility index (Phi) is 4.19. The van der Waals surface area contributed by atoms with Gasteiger partial charge in [-0.1, -0.05) is 84.6 Å². The summed E-state index contributed by atoms with van der Waals surface area (Å²) in [6.07, 6.45) is 1.08. The van der Waals surface area contributed by atoms with Crippen molar-refractivity contribution in [3.63, 3.8) is 0 Å². The minimum absolute atomic E-state index is 1.08. The minimum Gasteiger partial charge on any atom is -0.0895 e. The highest BCUT2D eigenvalue weighted by Gasteiger charge is 2.13. The summed E-state index contributed by atoms with van der Waals surface area (Å²) in [7, 11) is 0. The third-order valence-electron chi connectivity index (χ3n) is 3.21. The van der Waals surface area contributed by atoms with Crippen LogP contribution in [0.3, 0.4) is 0 Å². The van der Waals surface area contributed by atoms with Crippen LogP contribution in [-0.2, 0) is 6.42 Å². The van der Waals surface area contributed by atoms with E-state index in [4.69, 9.17) is 0 Å². The van der Waals surface area contributed by atoms with E-state index in [1.165, 1.54) is 20.9 Å². The smallest absolute Gasteiger partial charge is 0.0157 e. The SMILES string of the molecule is c1ccc2c(c1)Cc1ccccc1S2.c1ccccc1. The minimum atomic E-state index is 1.08. The van der Waals surface area contributed by atoms with Crippen molar-refractivity contribution < 1.29 is 0 Å². The highest BCUT2D eigenvalue weighted by molar-refractivity contribution is 7.99. The Labute approximate surface area is 124 Å². The van der Waals surface area contributed by atoms with Crippen LogP contribution in [0.25, 0.3) is 0 Å². The lowest BCUT2D eigenvalue weighted by Crippen LogP contribution is -1.98. The van der Waals surface area contributed by atoms with Gasteiger partial charge in [0.05, 0.1) is 0 Å². The maximum atomic E-state index is 2.22. The van der Waals surface area contributed by atoms with E-state index in [9.17, 15) is 0 Å². The molecule has 0 aromatic heterocycles. The number of benzene rings is 3. The van der Waals surface area contributed by atoms with E-state index in [1.54, 1.807) is 0 Å². The van der Waals surface area contributed by atoms with Gasteiger partial charge in [-0.15, -0.1) is 0 Å². The zero-order valence-electron chi connectivity index (χ0n) is 11.2. The van der Waals surface area contributed by atoms with Crippen LogP contribution in [0.2, 0.25) is 0 Å². The Morgan fingerprint density at radius 1 is 0.500 bits per heavy atom. The topological polar surface area (TPSA) is 0 Å². The Morgan fingerprint density at radius 2 is 0.900 bits per heavy atom. The van der Waals surface area contributed by atoms with Gasteiger partial charge in [0.15, 0.2) is 0 Å². The molecule has 0 spiro atoms. The molecule has 0 fully saturated rings. The molecule has 0 atom stereocenters. The summed E-state index contributed by atoms with van der Waals surface area (Å²) in [4.78, 5) is 2.82. The largest absolute Gasteiger partial charge is 0.0895 e. The molecule has 4 rings (SSSR count). The van der Waals surface area contributed by atoms with Gasteiger partial charge in [-0.05, 0) is 29.7 Å². The summed E-state index contributed by atoms with van der Waals surface area (Å²) in [6.45, 7) is 0. The van der Waals surface area contributed by atoms with Crippen LogP contribution in [0.4, 0.5) is 0 Å². The lowest BCUT2D eigenvalue weighted by atomic mass is 10.0. The highest BCUT2D eigenvalue weighted by atomic mass is 32.2. The molecule has 0 saturated heterocycles. The summed E-state index contributed by atoms with van der Waals surface area (Å²) >= 11 is 1.88. The molecule has 1 aliphatic rings. The Hall–Kier alpha value is -1.99. The molecular formula is C19H16S. The lowest BCUT2D eigenvalue weighted by Gasteiger charge is -2.17. The fraction of sp³-hybridized carbons (Fsp3) is 0.0526. The Bertz CT molecular complexity index is 560. The second-order valence-corrected chi connectivity index (χ2v) is 5.73. The van der Waals surface area contributed by atoms with Crippen LogP contribution in [0.15, 0.2) is 94.7 Å². The van der Waals surface area contributed by atoms with Gasteiger partial charge in [0.25, 0.3) is 0 Å². The van der Waals surface area contributed by atoms with E-state index in [0.29, 0.717) is 0 Å². The van der Waals surface area contributed by atoms with Gasteiger partial charge in [-0.25, -0.2) is 0 Å². The second-order valence-electron chi connectivity index (χ2n) is 4.65. The average molecular weight is 276 g/mol. The van der Waals surface area contributed by atoms with Crippen molar-refractivity contribution in [3.05, 3.63) is 96.1 Å². The van der Waals surface area contributed by atoms with Crippen molar-refractivity contribution in [1.29, 1.82) is 0 Å². The first kappa shape index (κ1) is 13.0. The maximum Gasteiger partial charge on any atom is 0.0157 e. The summed E-state index contributed by atoms with van der Waals surface area (Å²) in [5.41, 5.74) is 2.91. The standard InChI is InChI=1S/C13H10S.C6H6/c1-3-7-12-10(5-1)9-11-6-2-4-8-13(11)14-12;1-2-4-6-5-3-1/h1-8H,9H2;1-6H. The molecule has 0 aliphatic carbocycles. The van der Waals surface area contributed by atoms with Gasteiger partial charge in [-0.3, -0.25) is 0 Å². The summed E-state index contributed by atoms with van der Waals surface area (Å²) in [6, 6.07) is 29.3. The maximum absolute atomic E-state index is 2.22. The first-order valence-corrected chi connectivity index (χ1v) is 7.59. The Morgan fingerprint density at radius 3 is 1.35 bits per heavy atom. The summed E-state index contributed by atoms with van der Waals surface area (Å²) in [5, 5.41) is 0. The van der Waals surface area contributed by atoms with Crippen LogP contribution < -0.4 is 0 Å². The molecule has 0 N–H and O–H groups in total. The van der Waals surface area contributed by atoms with Crippen molar-refractivity contribution in [2.45, 2.75) is 16.2 Å². The number of hydrogen-bond acceptors (Lipinski definition) is 1. The summed E-state index contributed by atoms with van der Waals surface area (Å²) in [5.74, 6) is 0. The molecule has 0 saturated carbocycles. The predicted octanol–water partition coefficient (Wildman–Crippen LogP) is 5.43. The molecular weight excluding hydrogens is 260 g/mol. The fourth-order valence-corrected chi connectivity index (χ4v) is 3.28. The van der Waals surface area contributed by atoms with Crippen molar-refractivity contribution >= 4 is 11.8 Å². The van der Waals surface area contributed by atoms with E-state index in [1.807, 2.05) is 48.2 Å². The molecule has 0 radical (unpaired) electrons. The molecule has 3 aromatic carbocycles. The first-order chi connectivity index (χ1) is 9.93. The van der Waals surface area contributed by atoms with Crippen LogP contribution in [-0.4, -0.2) is 0 Å². The van der Waals surface area contributed by atoms with Gasteiger partial charge < -0.3 is 0 Å². The van der Waals surface area contributed by atoms with Crippen molar-refractivity contribution in [2.75, 3.05) is 0 Å². The predicted molar refractivity (Wildman–Crippen MR) is 86.3 cm³/mol. The van der Waals surface area contributed by atoms with E-state index < -0.39 is 0 Å². The van der Waals surface area contributed by atoms with Crippen molar-refractivity contribution in [3.8, 4) is 0 Å². The van der Waals surface area contributed by atoms with Crippen LogP contribution in [0.5, 0.6) is 0 Å². The number of fused-ring (bicyclic) bond motifs is 2. The lowest BCUT2D eigenvalue weighted by molar-refractivity contribution is 1.06. The Balaban J connectivity index is 0.000000170. The van der Waals surface area contributed by atoms with Gasteiger partial charge in [0.2, 0.25) is 0 Å². The van der Waals surface area contributed by atoms with Crippen LogP contribution in [0.1, 0.15) is 11.1 Å². The molecule has 98 valence electrons. The zero-order valence-corrected chi connectivity index (χ0v) is 12.0. The molecule has 1 aliphatic heterocycles. The van der Waals surface area contributed by atoms with Crippen molar-refractivity contribution in [1.82, 2.24) is 0 Å². The number of hydrogen-bond donors (Lipinski definition) is 0. The average Bonchev–Trinajstić information content (AvgIpc) is 2.55. The summed E-state index contributed by atoms with van der Waals surface area (Å²) < 4.78 is 0. The monoisotopic (exact) mass is 276 g/mol. The van der Waals surface area contributed by atoms with E-state index in [0.717, 1.165) is 6.42 Å². The third kappa shape index (κ3) is 3.12. The second kappa shape index (κ2) is 6.44. The zero-order chi connectivity index (χ0) is 13.6. The van der Waals surface area contributed by atoms with Crippen LogP contribution >= 0.6 is 11.8 Å².